The van der Waals surface area contributed by atoms with Crippen LogP contribution in [-0.4, -0.2) is 17.5 Å². The number of carbonyl (C=O) groups is 1. The first-order chi connectivity index (χ1) is 9.28. The number of carbonyl (C=O) groups excluding carboxylic acids is 1. The minimum absolute atomic E-state index is 0.0632. The van der Waals surface area contributed by atoms with Gasteiger partial charge in [-0.25, -0.2) is 0 Å². The van der Waals surface area contributed by atoms with Gasteiger partial charge in [-0.2, -0.15) is 0 Å². The number of fused-ring (bicyclic) bond motifs is 1. The molecule has 2 unspecified atom stereocenters. The van der Waals surface area contributed by atoms with E-state index in [0.717, 1.165) is 16.9 Å². The smallest absolute Gasteiger partial charge is 0.168 e. The summed E-state index contributed by atoms with van der Waals surface area (Å²) in [6.07, 6.45) is 2.74. The molecule has 0 N–H and O–H groups in total. The molecule has 0 spiro atoms. The van der Waals surface area contributed by atoms with E-state index >= 15 is 0 Å². The zero-order valence-electron chi connectivity index (χ0n) is 10.5. The largest absolute Gasteiger partial charge is 0.497 e. The molecule has 2 heterocycles. The van der Waals surface area contributed by atoms with E-state index in [4.69, 9.17) is 4.74 Å². The number of ether oxygens (including phenoxy) is 1. The van der Waals surface area contributed by atoms with Crippen LogP contribution in [0, 0.1) is 5.92 Å². The maximum absolute atomic E-state index is 12.4. The van der Waals surface area contributed by atoms with Crippen LogP contribution in [0.25, 0.3) is 0 Å². The molecule has 3 rings (SSSR count). The molecular weight excluding hydrogens is 276 g/mol. The number of hydrogen-bond donors (Lipinski definition) is 0. The minimum Gasteiger partial charge on any atom is -0.497 e. The van der Waals surface area contributed by atoms with Gasteiger partial charge in [0.05, 0.1) is 17.6 Å². The summed E-state index contributed by atoms with van der Waals surface area (Å²) in [4.78, 5) is 12.4. The van der Waals surface area contributed by atoms with Gasteiger partial charge in [-0.15, -0.1) is 23.5 Å². The fourth-order valence-electron chi connectivity index (χ4n) is 2.22. The Balaban J connectivity index is 1.75. The zero-order valence-corrected chi connectivity index (χ0v) is 12.2. The van der Waals surface area contributed by atoms with Crippen molar-refractivity contribution >= 4 is 29.3 Å². The second-order valence-electron chi connectivity index (χ2n) is 4.53. The Morgan fingerprint density at radius 3 is 2.74 bits per heavy atom. The lowest BCUT2D eigenvalue weighted by atomic mass is 9.95. The molecule has 1 aromatic carbocycles. The van der Waals surface area contributed by atoms with Crippen molar-refractivity contribution in [2.75, 3.05) is 7.11 Å². The van der Waals surface area contributed by atoms with Crippen molar-refractivity contribution < 1.29 is 9.53 Å². The first-order valence-electron chi connectivity index (χ1n) is 6.12. The Morgan fingerprint density at radius 1 is 1.21 bits per heavy atom. The third kappa shape index (κ3) is 2.60. The van der Waals surface area contributed by atoms with Crippen molar-refractivity contribution in [1.82, 2.24) is 0 Å². The molecule has 0 amide bonds. The Bertz CT molecular complexity index is 546. The Kier molecular flexibility index (Phi) is 3.71. The van der Waals surface area contributed by atoms with E-state index in [1.165, 1.54) is 0 Å². The van der Waals surface area contributed by atoms with Gasteiger partial charge >= 0.3 is 0 Å². The molecular formula is C15H14O2S2. The monoisotopic (exact) mass is 290 g/mol. The SMILES string of the molecule is COc1ccc(CC2=CSC3SC=CC3C2=O)cc1. The molecule has 1 aromatic rings. The van der Waals surface area contributed by atoms with Crippen LogP contribution in [0.3, 0.4) is 0 Å². The normalized spacial score (nSPS) is 25.1. The van der Waals surface area contributed by atoms with Crippen molar-refractivity contribution in [2.24, 2.45) is 5.92 Å². The van der Waals surface area contributed by atoms with Gasteiger partial charge in [-0.3, -0.25) is 4.79 Å². The van der Waals surface area contributed by atoms with E-state index in [-0.39, 0.29) is 11.7 Å². The summed E-state index contributed by atoms with van der Waals surface area (Å²) in [5.41, 5.74) is 2.07. The van der Waals surface area contributed by atoms with Crippen molar-refractivity contribution in [3.63, 3.8) is 0 Å². The van der Waals surface area contributed by atoms with E-state index in [9.17, 15) is 4.79 Å². The standard InChI is InChI=1S/C15H14O2S2/c1-17-12-4-2-10(3-5-12)8-11-9-19-15-13(14(11)16)6-7-18-15/h2-7,9,13,15H,8H2,1H3. The van der Waals surface area contributed by atoms with Gasteiger partial charge in [-0.05, 0) is 28.5 Å². The highest BCUT2D eigenvalue weighted by molar-refractivity contribution is 8.20. The lowest BCUT2D eigenvalue weighted by Crippen LogP contribution is -2.24. The first-order valence-corrected chi connectivity index (χ1v) is 8.00. The average Bonchev–Trinajstić information content (AvgIpc) is 2.92. The number of ketones is 1. The van der Waals surface area contributed by atoms with Crippen LogP contribution in [0.1, 0.15) is 5.56 Å². The predicted molar refractivity (Wildman–Crippen MR) is 81.4 cm³/mol. The quantitative estimate of drug-likeness (QED) is 0.849. The molecule has 0 fully saturated rings. The molecule has 0 aromatic heterocycles. The summed E-state index contributed by atoms with van der Waals surface area (Å²) >= 11 is 3.51. The number of benzene rings is 1. The van der Waals surface area contributed by atoms with E-state index < -0.39 is 0 Å². The summed E-state index contributed by atoms with van der Waals surface area (Å²) < 4.78 is 5.49. The molecule has 2 aliphatic rings. The Morgan fingerprint density at radius 2 is 2.00 bits per heavy atom. The van der Waals surface area contributed by atoms with E-state index in [1.807, 2.05) is 41.2 Å². The van der Waals surface area contributed by atoms with E-state index in [2.05, 4.69) is 0 Å². The average molecular weight is 290 g/mol. The number of hydrogen-bond acceptors (Lipinski definition) is 4. The molecule has 0 bridgehead atoms. The molecule has 0 saturated heterocycles. The molecule has 2 nitrogen and oxygen atoms in total. The summed E-state index contributed by atoms with van der Waals surface area (Å²) in [5, 5.41) is 4.08. The van der Waals surface area contributed by atoms with Crippen LogP contribution in [0.15, 0.2) is 46.7 Å². The highest BCUT2D eigenvalue weighted by Gasteiger charge is 2.34. The van der Waals surface area contributed by atoms with Crippen molar-refractivity contribution in [1.29, 1.82) is 0 Å². The Labute approximate surface area is 121 Å². The topological polar surface area (TPSA) is 26.3 Å². The predicted octanol–water partition coefficient (Wildman–Crippen LogP) is 3.64. The molecule has 0 radical (unpaired) electrons. The van der Waals surface area contributed by atoms with Crippen LogP contribution in [0.2, 0.25) is 0 Å². The molecule has 2 atom stereocenters. The van der Waals surface area contributed by atoms with Gasteiger partial charge in [-0.1, -0.05) is 18.2 Å². The van der Waals surface area contributed by atoms with Gasteiger partial charge in [0.2, 0.25) is 0 Å². The van der Waals surface area contributed by atoms with Crippen molar-refractivity contribution in [3.8, 4) is 5.75 Å². The maximum Gasteiger partial charge on any atom is 0.168 e. The van der Waals surface area contributed by atoms with Gasteiger partial charge < -0.3 is 4.74 Å². The molecule has 98 valence electrons. The number of thioether (sulfide) groups is 2. The van der Waals surface area contributed by atoms with Crippen LogP contribution in [0.4, 0.5) is 0 Å². The number of Topliss-reactive ketones (excluding diaryl/α,β-unsaturated/α-hetero) is 1. The van der Waals surface area contributed by atoms with E-state index in [0.29, 0.717) is 11.0 Å². The summed E-state index contributed by atoms with van der Waals surface area (Å²) in [5.74, 6) is 1.19. The van der Waals surface area contributed by atoms with Crippen LogP contribution >= 0.6 is 23.5 Å². The van der Waals surface area contributed by atoms with Gasteiger partial charge in [0.15, 0.2) is 5.78 Å². The second-order valence-corrected chi connectivity index (χ2v) is 6.89. The molecule has 0 aliphatic carbocycles. The molecule has 0 saturated carbocycles. The number of methoxy groups -OCH3 is 1. The first kappa shape index (κ1) is 12.9. The third-order valence-corrected chi connectivity index (χ3v) is 5.83. The van der Waals surface area contributed by atoms with Gasteiger partial charge in [0.25, 0.3) is 0 Å². The lowest BCUT2D eigenvalue weighted by Gasteiger charge is -2.22. The maximum atomic E-state index is 12.4. The lowest BCUT2D eigenvalue weighted by molar-refractivity contribution is -0.117. The fourth-order valence-corrected chi connectivity index (χ4v) is 4.52. The van der Waals surface area contributed by atoms with Crippen LogP contribution in [0.5, 0.6) is 5.75 Å². The summed E-state index contributed by atoms with van der Waals surface area (Å²) in [7, 11) is 1.66. The molecule has 4 heteroatoms. The summed E-state index contributed by atoms with van der Waals surface area (Å²) in [6.45, 7) is 0. The number of rotatable bonds is 3. The fraction of sp³-hybridized carbons (Fsp3) is 0.267. The highest BCUT2D eigenvalue weighted by Crippen LogP contribution is 2.44. The number of allylic oxidation sites excluding steroid dienone is 2. The van der Waals surface area contributed by atoms with Crippen molar-refractivity contribution in [3.05, 3.63) is 52.3 Å². The summed E-state index contributed by atoms with van der Waals surface area (Å²) in [6, 6.07) is 7.90. The zero-order chi connectivity index (χ0) is 13.2. The van der Waals surface area contributed by atoms with E-state index in [1.54, 1.807) is 30.6 Å². The van der Waals surface area contributed by atoms with Crippen molar-refractivity contribution in [2.45, 2.75) is 11.0 Å². The van der Waals surface area contributed by atoms with Gasteiger partial charge in [0.1, 0.15) is 5.75 Å². The van der Waals surface area contributed by atoms with Gasteiger partial charge in [0, 0.05) is 12.0 Å². The highest BCUT2D eigenvalue weighted by atomic mass is 32.2. The van der Waals surface area contributed by atoms with Crippen LogP contribution < -0.4 is 4.74 Å². The third-order valence-electron chi connectivity index (χ3n) is 3.31. The Hall–Kier alpha value is -1.13. The minimum atomic E-state index is 0.0632. The molecule has 19 heavy (non-hydrogen) atoms. The van der Waals surface area contributed by atoms with Crippen LogP contribution in [-0.2, 0) is 11.2 Å². The molecule has 2 aliphatic heterocycles. The second kappa shape index (κ2) is 5.47.